The van der Waals surface area contributed by atoms with Crippen LogP contribution in [0.5, 0.6) is 23.0 Å². The Morgan fingerprint density at radius 1 is 0.917 bits per heavy atom. The minimum absolute atomic E-state index is 0.0483. The van der Waals surface area contributed by atoms with Gasteiger partial charge in [0.1, 0.15) is 5.69 Å². The molecule has 15 heteroatoms. The second kappa shape index (κ2) is 14.3. The number of esters is 1. The molecule has 0 saturated heterocycles. The van der Waals surface area contributed by atoms with E-state index in [0.29, 0.717) is 14.5 Å². The Labute approximate surface area is 293 Å². The number of carbonyl (C=O) groups excluding carboxylic acids is 2. The molecule has 1 amide bonds. The molecule has 0 spiro atoms. The van der Waals surface area contributed by atoms with Crippen molar-refractivity contribution in [3.63, 3.8) is 0 Å². The van der Waals surface area contributed by atoms with Crippen LogP contribution in [0.3, 0.4) is 0 Å². The summed E-state index contributed by atoms with van der Waals surface area (Å²) in [5.41, 5.74) is 1.75. The molecule has 248 valence electrons. The maximum absolute atomic E-state index is 13.9. The molecule has 4 aromatic carbocycles. The molecular weight excluding hydrogens is 787 g/mol. The van der Waals surface area contributed by atoms with E-state index in [2.05, 4.69) is 47.4 Å². The van der Waals surface area contributed by atoms with Crippen LogP contribution in [0, 0.1) is 0 Å². The maximum Gasteiger partial charge on any atom is 0.418 e. The molecule has 48 heavy (non-hydrogen) atoms. The van der Waals surface area contributed by atoms with Crippen molar-refractivity contribution >= 4 is 72.5 Å². The molecule has 0 saturated carbocycles. The predicted octanol–water partition coefficient (Wildman–Crippen LogP) is 9.04. The summed E-state index contributed by atoms with van der Waals surface area (Å²) in [5.74, 6) is -0.828. The normalized spacial score (nSPS) is 11.5. The van der Waals surface area contributed by atoms with Crippen LogP contribution in [-0.2, 0) is 6.18 Å². The van der Waals surface area contributed by atoms with Gasteiger partial charge in [0.2, 0.25) is 5.75 Å². The Bertz CT molecular complexity index is 2060. The molecule has 5 rings (SSSR count). The van der Waals surface area contributed by atoms with Gasteiger partial charge in [0.25, 0.3) is 5.91 Å². The minimum Gasteiger partial charge on any atom is -0.493 e. The van der Waals surface area contributed by atoms with E-state index < -0.39 is 23.6 Å². The SMILES string of the molecule is COc1cc(C(=O)Oc2c(Br)cc(Br)cc2C=NNC(=O)c2[nH]c3c(C(F)(F)F)cccc3c2-c2ccccc2Cl)cc(OC)c1OC. The molecular formula is C33H23Br2ClF3N3O6. The van der Waals surface area contributed by atoms with Gasteiger partial charge in [-0.1, -0.05) is 57.9 Å². The molecule has 0 fully saturated rings. The summed E-state index contributed by atoms with van der Waals surface area (Å²) in [5, 5.41) is 4.40. The second-order valence-corrected chi connectivity index (χ2v) is 12.1. The minimum atomic E-state index is -4.70. The number of aromatic amines is 1. The number of ether oxygens (including phenoxy) is 4. The lowest BCUT2D eigenvalue weighted by Crippen LogP contribution is -2.19. The van der Waals surface area contributed by atoms with Crippen molar-refractivity contribution in [3.05, 3.63) is 103 Å². The first-order valence-corrected chi connectivity index (χ1v) is 15.7. The Morgan fingerprint density at radius 2 is 1.60 bits per heavy atom. The lowest BCUT2D eigenvalue weighted by molar-refractivity contribution is -0.136. The summed E-state index contributed by atoms with van der Waals surface area (Å²) < 4.78 is 64.3. The fraction of sp³-hybridized carbons (Fsp3) is 0.121. The van der Waals surface area contributed by atoms with E-state index in [0.717, 1.165) is 6.07 Å². The average Bonchev–Trinajstić information content (AvgIpc) is 3.44. The second-order valence-electron chi connectivity index (χ2n) is 9.89. The van der Waals surface area contributed by atoms with E-state index in [1.165, 1.54) is 51.8 Å². The van der Waals surface area contributed by atoms with Gasteiger partial charge < -0.3 is 23.9 Å². The molecule has 5 aromatic rings. The highest BCUT2D eigenvalue weighted by molar-refractivity contribution is 9.11. The van der Waals surface area contributed by atoms with Gasteiger partial charge in [0.05, 0.1) is 48.7 Å². The number of methoxy groups -OCH3 is 3. The number of fused-ring (bicyclic) bond motifs is 1. The Kier molecular flexibility index (Phi) is 10.4. The van der Waals surface area contributed by atoms with Crippen molar-refractivity contribution in [2.24, 2.45) is 5.10 Å². The van der Waals surface area contributed by atoms with Crippen LogP contribution < -0.4 is 24.4 Å². The molecule has 0 aliphatic rings. The van der Waals surface area contributed by atoms with Crippen molar-refractivity contribution in [2.75, 3.05) is 21.3 Å². The molecule has 2 N–H and O–H groups in total. The van der Waals surface area contributed by atoms with E-state index in [1.54, 1.807) is 36.4 Å². The molecule has 0 aliphatic heterocycles. The first kappa shape index (κ1) is 34.8. The monoisotopic (exact) mass is 807 g/mol. The van der Waals surface area contributed by atoms with Crippen LogP contribution in [0.15, 0.2) is 80.8 Å². The van der Waals surface area contributed by atoms with Gasteiger partial charge in [-0.25, -0.2) is 10.2 Å². The van der Waals surface area contributed by atoms with E-state index in [-0.39, 0.29) is 61.3 Å². The van der Waals surface area contributed by atoms with Crippen LogP contribution >= 0.6 is 43.5 Å². The molecule has 1 aromatic heterocycles. The zero-order valence-electron chi connectivity index (χ0n) is 25.1. The number of halogens is 6. The number of alkyl halides is 3. The zero-order valence-corrected chi connectivity index (χ0v) is 29.0. The highest BCUT2D eigenvalue weighted by Crippen LogP contribution is 2.42. The van der Waals surface area contributed by atoms with Crippen molar-refractivity contribution in [2.45, 2.75) is 6.18 Å². The van der Waals surface area contributed by atoms with Crippen LogP contribution in [-0.4, -0.2) is 44.4 Å². The third-order valence-corrected chi connectivity index (χ3v) is 8.39. The number of H-pyrrole nitrogens is 1. The average molecular weight is 810 g/mol. The molecule has 0 radical (unpaired) electrons. The summed E-state index contributed by atoms with van der Waals surface area (Å²) in [4.78, 5) is 29.4. The number of nitrogens with one attached hydrogen (secondary N) is 2. The fourth-order valence-electron chi connectivity index (χ4n) is 4.92. The highest BCUT2D eigenvalue weighted by Gasteiger charge is 2.35. The van der Waals surface area contributed by atoms with Crippen molar-refractivity contribution in [3.8, 4) is 34.1 Å². The van der Waals surface area contributed by atoms with Gasteiger partial charge >= 0.3 is 12.1 Å². The van der Waals surface area contributed by atoms with Crippen molar-refractivity contribution < 1.29 is 41.7 Å². The Balaban J connectivity index is 1.49. The van der Waals surface area contributed by atoms with Gasteiger partial charge in [-0.15, -0.1) is 0 Å². The third kappa shape index (κ3) is 7.00. The van der Waals surface area contributed by atoms with Crippen LogP contribution in [0.4, 0.5) is 13.2 Å². The lowest BCUT2D eigenvalue weighted by Gasteiger charge is -2.15. The number of nitrogens with zero attached hydrogens (tertiary/aromatic N) is 1. The summed E-state index contributed by atoms with van der Waals surface area (Å²) in [6, 6.07) is 16.2. The molecule has 1 heterocycles. The predicted molar refractivity (Wildman–Crippen MR) is 182 cm³/mol. The summed E-state index contributed by atoms with van der Waals surface area (Å²) in [7, 11) is 4.24. The molecule has 9 nitrogen and oxygen atoms in total. The number of para-hydroxylation sites is 1. The van der Waals surface area contributed by atoms with E-state index >= 15 is 0 Å². The third-order valence-electron chi connectivity index (χ3n) is 7.01. The van der Waals surface area contributed by atoms with Gasteiger partial charge in [-0.05, 0) is 52.3 Å². The number of rotatable bonds is 9. The van der Waals surface area contributed by atoms with Crippen molar-refractivity contribution in [1.82, 2.24) is 10.4 Å². The van der Waals surface area contributed by atoms with Gasteiger partial charge in [-0.2, -0.15) is 18.3 Å². The number of amides is 1. The number of carbonyl (C=O) groups is 2. The number of hydrogen-bond acceptors (Lipinski definition) is 7. The summed E-state index contributed by atoms with van der Waals surface area (Å²) in [6.07, 6.45) is -3.48. The van der Waals surface area contributed by atoms with E-state index in [4.69, 9.17) is 30.5 Å². The number of hydrazone groups is 1. The maximum atomic E-state index is 13.9. The topological polar surface area (TPSA) is 111 Å². The quantitative estimate of drug-likeness (QED) is 0.0666. The highest BCUT2D eigenvalue weighted by atomic mass is 79.9. The molecule has 0 bridgehead atoms. The number of hydrogen-bond donors (Lipinski definition) is 2. The first-order valence-electron chi connectivity index (χ1n) is 13.7. The molecule has 0 aliphatic carbocycles. The van der Waals surface area contributed by atoms with Crippen LogP contribution in [0.1, 0.15) is 32.0 Å². The van der Waals surface area contributed by atoms with Crippen molar-refractivity contribution in [1.29, 1.82) is 0 Å². The van der Waals surface area contributed by atoms with Gasteiger partial charge in [0.15, 0.2) is 17.2 Å². The van der Waals surface area contributed by atoms with E-state index in [9.17, 15) is 22.8 Å². The number of aromatic nitrogens is 1. The molecule has 0 atom stereocenters. The Hall–Kier alpha value is -4.53. The smallest absolute Gasteiger partial charge is 0.418 e. The van der Waals surface area contributed by atoms with Gasteiger partial charge in [0, 0.05) is 31.6 Å². The summed E-state index contributed by atoms with van der Waals surface area (Å²) >= 11 is 13.2. The van der Waals surface area contributed by atoms with Crippen LogP contribution in [0.2, 0.25) is 5.02 Å². The standard InChI is InChI=1S/C33H23Br2ClF3N3O6/c1-45-24-12-16(13-25(46-2)30(24)47-3)32(44)48-29-17(11-18(34)14-22(29)35)15-40-42-31(43)28-26(19-7-4-5-10-23(19)36)20-8-6-9-21(27(20)41-28)33(37,38)39/h4-15,41H,1-3H3,(H,42,43). The Morgan fingerprint density at radius 3 is 2.23 bits per heavy atom. The lowest BCUT2D eigenvalue weighted by atomic mass is 10.00. The largest absolute Gasteiger partial charge is 0.493 e. The molecule has 0 unspecified atom stereocenters. The summed E-state index contributed by atoms with van der Waals surface area (Å²) in [6.45, 7) is 0. The van der Waals surface area contributed by atoms with Gasteiger partial charge in [-0.3, -0.25) is 4.79 Å². The zero-order chi connectivity index (χ0) is 34.7. The van der Waals surface area contributed by atoms with Crippen LogP contribution in [0.25, 0.3) is 22.0 Å². The number of benzene rings is 4. The fourth-order valence-corrected chi connectivity index (χ4v) is 6.49. The first-order chi connectivity index (χ1) is 22.9. The van der Waals surface area contributed by atoms with E-state index in [1.807, 2.05) is 0 Å².